The van der Waals surface area contributed by atoms with E-state index in [1.807, 2.05) is 0 Å². The van der Waals surface area contributed by atoms with Crippen molar-refractivity contribution in [1.82, 2.24) is 4.98 Å². The lowest BCUT2D eigenvalue weighted by Gasteiger charge is -2.08. The molecule has 9 heteroatoms. The maximum atomic E-state index is 12.9. The monoisotopic (exact) mass is 382 g/mol. The molecule has 0 aliphatic carbocycles. The number of hydrogen-bond acceptors (Lipinski definition) is 3. The smallest absolute Gasteiger partial charge is 0.320 e. The van der Waals surface area contributed by atoms with Crippen molar-refractivity contribution in [3.05, 3.63) is 44.1 Å². The van der Waals surface area contributed by atoms with Gasteiger partial charge in [-0.2, -0.15) is 13.2 Å². The second kappa shape index (κ2) is 5.72. The number of carbonyl (C=O) groups is 1. The molecule has 1 heterocycles. The SMILES string of the molecule is Cc1nc(C(F)(F)F)c(C(=O)Nc2ccc(F)cc2Br)s1. The number of rotatable bonds is 2. The highest BCUT2D eigenvalue weighted by atomic mass is 79.9. The van der Waals surface area contributed by atoms with Crippen LogP contribution in [0.5, 0.6) is 0 Å². The van der Waals surface area contributed by atoms with Gasteiger partial charge in [0.2, 0.25) is 0 Å². The van der Waals surface area contributed by atoms with Gasteiger partial charge in [-0.05, 0) is 41.1 Å². The Morgan fingerprint density at radius 1 is 1.38 bits per heavy atom. The third kappa shape index (κ3) is 3.59. The number of carbonyl (C=O) groups excluding carboxylic acids is 1. The number of anilines is 1. The fourth-order valence-corrected chi connectivity index (χ4v) is 2.83. The molecular weight excluding hydrogens is 376 g/mol. The zero-order chi connectivity index (χ0) is 15.8. The lowest BCUT2D eigenvalue weighted by molar-refractivity contribution is -0.141. The van der Waals surface area contributed by atoms with Gasteiger partial charge in [-0.1, -0.05) is 0 Å². The number of nitrogens with zero attached hydrogens (tertiary/aromatic N) is 1. The molecule has 0 aliphatic heterocycles. The van der Waals surface area contributed by atoms with Crippen molar-refractivity contribution in [2.45, 2.75) is 13.1 Å². The first-order valence-corrected chi connectivity index (χ1v) is 7.10. The quantitative estimate of drug-likeness (QED) is 0.769. The first-order valence-electron chi connectivity index (χ1n) is 5.49. The molecule has 2 rings (SSSR count). The molecule has 0 aliphatic rings. The predicted octanol–water partition coefficient (Wildman–Crippen LogP) is 4.62. The highest BCUT2D eigenvalue weighted by Gasteiger charge is 2.39. The van der Waals surface area contributed by atoms with Gasteiger partial charge in [-0.25, -0.2) is 9.37 Å². The van der Waals surface area contributed by atoms with Crippen molar-refractivity contribution in [2.75, 3.05) is 5.32 Å². The minimum absolute atomic E-state index is 0.130. The minimum atomic E-state index is -4.71. The maximum Gasteiger partial charge on any atom is 0.435 e. The van der Waals surface area contributed by atoms with Gasteiger partial charge in [-0.3, -0.25) is 4.79 Å². The number of halogens is 5. The van der Waals surface area contributed by atoms with Crippen molar-refractivity contribution >= 4 is 38.9 Å². The van der Waals surface area contributed by atoms with Gasteiger partial charge in [0, 0.05) is 4.47 Å². The summed E-state index contributed by atoms with van der Waals surface area (Å²) in [6, 6.07) is 3.43. The van der Waals surface area contributed by atoms with Gasteiger partial charge in [0.05, 0.1) is 10.7 Å². The van der Waals surface area contributed by atoms with Crippen molar-refractivity contribution in [3.63, 3.8) is 0 Å². The van der Waals surface area contributed by atoms with E-state index in [1.54, 1.807) is 0 Å². The summed E-state index contributed by atoms with van der Waals surface area (Å²) in [4.78, 5) is 14.8. The van der Waals surface area contributed by atoms with Crippen LogP contribution < -0.4 is 5.32 Å². The number of benzene rings is 1. The molecule has 0 spiro atoms. The molecule has 21 heavy (non-hydrogen) atoms. The van der Waals surface area contributed by atoms with E-state index in [2.05, 4.69) is 26.2 Å². The zero-order valence-electron chi connectivity index (χ0n) is 10.4. The molecule has 1 amide bonds. The number of thiazole rings is 1. The topological polar surface area (TPSA) is 42.0 Å². The number of hydrogen-bond donors (Lipinski definition) is 1. The Hall–Kier alpha value is -1.48. The van der Waals surface area contributed by atoms with E-state index < -0.39 is 28.5 Å². The number of aryl methyl sites for hydroxylation is 1. The summed E-state index contributed by atoms with van der Waals surface area (Å²) < 4.78 is 51.6. The second-order valence-electron chi connectivity index (χ2n) is 3.99. The predicted molar refractivity (Wildman–Crippen MR) is 73.9 cm³/mol. The van der Waals surface area contributed by atoms with Crippen LogP contribution in [-0.2, 0) is 6.18 Å². The van der Waals surface area contributed by atoms with Crippen LogP contribution in [0.15, 0.2) is 22.7 Å². The molecule has 1 aromatic heterocycles. The van der Waals surface area contributed by atoms with E-state index in [-0.39, 0.29) is 15.2 Å². The summed E-state index contributed by atoms with van der Waals surface area (Å²) in [5.74, 6) is -1.48. The average Bonchev–Trinajstić information content (AvgIpc) is 2.75. The van der Waals surface area contributed by atoms with Crippen LogP contribution in [0.25, 0.3) is 0 Å². The normalized spacial score (nSPS) is 11.5. The van der Waals surface area contributed by atoms with Gasteiger partial charge in [-0.15, -0.1) is 11.3 Å². The molecule has 0 saturated heterocycles. The van der Waals surface area contributed by atoms with Crippen molar-refractivity contribution in [1.29, 1.82) is 0 Å². The summed E-state index contributed by atoms with van der Waals surface area (Å²) in [5, 5.41) is 2.43. The van der Waals surface area contributed by atoms with E-state index in [1.165, 1.54) is 13.0 Å². The fourth-order valence-electron chi connectivity index (χ4n) is 1.54. The van der Waals surface area contributed by atoms with Crippen LogP contribution in [0.1, 0.15) is 20.4 Å². The number of nitrogens with one attached hydrogen (secondary N) is 1. The lowest BCUT2D eigenvalue weighted by atomic mass is 10.3. The number of amides is 1. The largest absolute Gasteiger partial charge is 0.435 e. The van der Waals surface area contributed by atoms with E-state index >= 15 is 0 Å². The molecule has 112 valence electrons. The van der Waals surface area contributed by atoms with Crippen LogP contribution in [0, 0.1) is 12.7 Å². The van der Waals surface area contributed by atoms with Crippen molar-refractivity contribution < 1.29 is 22.4 Å². The molecule has 1 N–H and O–H groups in total. The molecule has 3 nitrogen and oxygen atoms in total. The molecule has 2 aromatic rings. The third-order valence-corrected chi connectivity index (χ3v) is 4.01. The van der Waals surface area contributed by atoms with Gasteiger partial charge < -0.3 is 5.32 Å². The summed E-state index contributed by atoms with van der Waals surface area (Å²) in [6.07, 6.45) is -4.71. The van der Waals surface area contributed by atoms with E-state index in [0.29, 0.717) is 11.3 Å². The van der Waals surface area contributed by atoms with Crippen LogP contribution >= 0.6 is 27.3 Å². The Morgan fingerprint density at radius 3 is 2.62 bits per heavy atom. The summed E-state index contributed by atoms with van der Waals surface area (Å²) in [5.41, 5.74) is -1.05. The minimum Gasteiger partial charge on any atom is -0.320 e. The molecule has 1 aromatic carbocycles. The zero-order valence-corrected chi connectivity index (χ0v) is 12.8. The standard InChI is InChI=1S/C12H7BrF4N2OS/c1-5-18-10(12(15,16)17)9(21-5)11(20)19-8-3-2-6(14)4-7(8)13/h2-4H,1H3,(H,19,20). The molecule has 0 unspecified atom stereocenters. The van der Waals surface area contributed by atoms with Crippen LogP contribution in [-0.4, -0.2) is 10.9 Å². The summed E-state index contributed by atoms with van der Waals surface area (Å²) >= 11 is 3.67. The van der Waals surface area contributed by atoms with Gasteiger partial charge in [0.15, 0.2) is 5.69 Å². The Labute approximate surface area is 129 Å². The molecule has 0 radical (unpaired) electrons. The Bertz CT molecular complexity index is 699. The molecule has 0 fully saturated rings. The lowest BCUT2D eigenvalue weighted by Crippen LogP contribution is -2.17. The Kier molecular flexibility index (Phi) is 4.33. The first-order chi connectivity index (χ1) is 9.68. The number of alkyl halides is 3. The third-order valence-electron chi connectivity index (χ3n) is 2.39. The van der Waals surface area contributed by atoms with Crippen molar-refractivity contribution in [3.8, 4) is 0 Å². The maximum absolute atomic E-state index is 12.9. The summed E-state index contributed by atoms with van der Waals surface area (Å²) in [7, 11) is 0. The van der Waals surface area contributed by atoms with Gasteiger partial charge >= 0.3 is 6.18 Å². The first kappa shape index (κ1) is 15.9. The molecule has 0 bridgehead atoms. The average molecular weight is 383 g/mol. The van der Waals surface area contributed by atoms with Crippen LogP contribution in [0.2, 0.25) is 0 Å². The molecule has 0 saturated carbocycles. The van der Waals surface area contributed by atoms with Gasteiger partial charge in [0.1, 0.15) is 10.7 Å². The second-order valence-corrected chi connectivity index (χ2v) is 6.04. The van der Waals surface area contributed by atoms with E-state index in [4.69, 9.17) is 0 Å². The van der Waals surface area contributed by atoms with Crippen LogP contribution in [0.3, 0.4) is 0 Å². The van der Waals surface area contributed by atoms with Gasteiger partial charge in [0.25, 0.3) is 5.91 Å². The Balaban J connectivity index is 2.33. The van der Waals surface area contributed by atoms with Crippen molar-refractivity contribution in [2.24, 2.45) is 0 Å². The fraction of sp³-hybridized carbons (Fsp3) is 0.167. The number of aromatic nitrogens is 1. The highest BCUT2D eigenvalue weighted by molar-refractivity contribution is 9.10. The molecule has 0 atom stereocenters. The van der Waals surface area contributed by atoms with E-state index in [0.717, 1.165) is 12.1 Å². The Morgan fingerprint density at radius 2 is 2.05 bits per heavy atom. The highest BCUT2D eigenvalue weighted by Crippen LogP contribution is 2.35. The molecular formula is C12H7BrF4N2OS. The van der Waals surface area contributed by atoms with Crippen LogP contribution in [0.4, 0.5) is 23.2 Å². The summed E-state index contributed by atoms with van der Waals surface area (Å²) in [6.45, 7) is 1.38. The van der Waals surface area contributed by atoms with E-state index in [9.17, 15) is 22.4 Å².